The molecule has 0 bridgehead atoms. The van der Waals surface area contributed by atoms with E-state index in [1.807, 2.05) is 30.3 Å². The molecule has 2 aromatic rings. The molecule has 0 spiro atoms. The third-order valence-electron chi connectivity index (χ3n) is 2.10. The third-order valence-corrected chi connectivity index (χ3v) is 2.10. The van der Waals surface area contributed by atoms with Gasteiger partial charge >= 0.3 is 0 Å². The van der Waals surface area contributed by atoms with Gasteiger partial charge in [0.15, 0.2) is 5.43 Å². The first kappa shape index (κ1) is 9.52. The zero-order valence-corrected chi connectivity index (χ0v) is 8.23. The minimum absolute atomic E-state index is 0.00399. The van der Waals surface area contributed by atoms with Gasteiger partial charge in [-0.1, -0.05) is 30.3 Å². The molecule has 0 unspecified atom stereocenters. The van der Waals surface area contributed by atoms with Crippen LogP contribution in [-0.2, 0) is 6.54 Å². The Morgan fingerprint density at radius 3 is 2.67 bits per heavy atom. The Bertz CT molecular complexity index is 476. The lowest BCUT2D eigenvalue weighted by Crippen LogP contribution is -2.05. The number of H-pyrrole nitrogens is 1. The summed E-state index contributed by atoms with van der Waals surface area (Å²) in [5.74, 6) is 0.742. The van der Waals surface area contributed by atoms with E-state index in [1.165, 1.54) is 11.6 Å². The van der Waals surface area contributed by atoms with Crippen LogP contribution in [0.5, 0.6) is 0 Å². The summed E-state index contributed by atoms with van der Waals surface area (Å²) in [7, 11) is 0. The van der Waals surface area contributed by atoms with Gasteiger partial charge in [0.25, 0.3) is 0 Å². The number of hydrogen-bond acceptors (Lipinski definition) is 2. The fourth-order valence-corrected chi connectivity index (χ4v) is 1.34. The highest BCUT2D eigenvalue weighted by atomic mass is 16.1. The quantitative estimate of drug-likeness (QED) is 0.795. The van der Waals surface area contributed by atoms with Crippen molar-refractivity contribution in [2.75, 3.05) is 5.32 Å². The molecule has 0 fully saturated rings. The molecule has 0 saturated heterocycles. The second-order valence-electron chi connectivity index (χ2n) is 3.28. The topological polar surface area (TPSA) is 44.9 Å². The van der Waals surface area contributed by atoms with Crippen molar-refractivity contribution in [2.45, 2.75) is 6.54 Å². The van der Waals surface area contributed by atoms with E-state index in [0.29, 0.717) is 6.54 Å². The molecule has 1 heterocycles. The molecule has 0 atom stereocenters. The normalized spacial score (nSPS) is 9.87. The average molecular weight is 200 g/mol. The lowest BCUT2D eigenvalue weighted by atomic mass is 10.2. The Kier molecular flexibility index (Phi) is 2.83. The van der Waals surface area contributed by atoms with Crippen molar-refractivity contribution in [3.63, 3.8) is 0 Å². The van der Waals surface area contributed by atoms with Gasteiger partial charge in [0.05, 0.1) is 0 Å². The van der Waals surface area contributed by atoms with E-state index in [-0.39, 0.29) is 5.43 Å². The van der Waals surface area contributed by atoms with E-state index in [2.05, 4.69) is 10.3 Å². The molecule has 0 aliphatic heterocycles. The molecule has 0 aliphatic carbocycles. The Balaban J connectivity index is 2.02. The zero-order valence-electron chi connectivity index (χ0n) is 8.23. The average Bonchev–Trinajstić information content (AvgIpc) is 2.28. The first-order chi connectivity index (χ1) is 7.34. The van der Waals surface area contributed by atoms with Crippen molar-refractivity contribution in [3.05, 3.63) is 64.4 Å². The summed E-state index contributed by atoms with van der Waals surface area (Å²) in [5, 5.41) is 3.15. The van der Waals surface area contributed by atoms with Crippen molar-refractivity contribution >= 4 is 5.82 Å². The highest BCUT2D eigenvalue weighted by Gasteiger charge is 1.93. The molecule has 3 heteroatoms. The lowest BCUT2D eigenvalue weighted by Gasteiger charge is -2.05. The van der Waals surface area contributed by atoms with Crippen LogP contribution in [0.4, 0.5) is 5.82 Å². The van der Waals surface area contributed by atoms with Gasteiger partial charge in [0.1, 0.15) is 5.82 Å². The summed E-state index contributed by atoms with van der Waals surface area (Å²) >= 11 is 0. The molecule has 3 nitrogen and oxygen atoms in total. The van der Waals surface area contributed by atoms with E-state index >= 15 is 0 Å². The second kappa shape index (κ2) is 4.46. The number of aromatic amines is 1. The third kappa shape index (κ3) is 2.71. The Morgan fingerprint density at radius 1 is 1.13 bits per heavy atom. The number of benzene rings is 1. The van der Waals surface area contributed by atoms with E-state index in [4.69, 9.17) is 0 Å². The number of pyridine rings is 1. The van der Waals surface area contributed by atoms with Crippen molar-refractivity contribution in [1.82, 2.24) is 4.98 Å². The van der Waals surface area contributed by atoms with Gasteiger partial charge in [-0.05, 0) is 5.56 Å². The molecule has 0 radical (unpaired) electrons. The van der Waals surface area contributed by atoms with Crippen LogP contribution in [-0.4, -0.2) is 4.98 Å². The maximum atomic E-state index is 11.0. The van der Waals surface area contributed by atoms with Gasteiger partial charge in [-0.25, -0.2) is 0 Å². The van der Waals surface area contributed by atoms with Crippen LogP contribution >= 0.6 is 0 Å². The number of anilines is 1. The summed E-state index contributed by atoms with van der Waals surface area (Å²) in [6, 6.07) is 13.1. The molecule has 2 rings (SSSR count). The molecular formula is C12H12N2O. The fourth-order valence-electron chi connectivity index (χ4n) is 1.34. The SMILES string of the molecule is O=c1cc[nH]c(NCc2ccccc2)c1. The summed E-state index contributed by atoms with van der Waals surface area (Å²) in [6.07, 6.45) is 1.63. The van der Waals surface area contributed by atoms with Gasteiger partial charge in [-0.2, -0.15) is 0 Å². The predicted octanol–water partition coefficient (Wildman–Crippen LogP) is 1.99. The first-order valence-electron chi connectivity index (χ1n) is 4.81. The number of rotatable bonds is 3. The maximum Gasteiger partial charge on any atom is 0.183 e. The standard InChI is InChI=1S/C12H12N2O/c15-11-6-7-13-12(8-11)14-9-10-4-2-1-3-5-10/h1-8H,9H2,(H2,13,14,15). The molecule has 2 N–H and O–H groups in total. The summed E-state index contributed by atoms with van der Waals surface area (Å²) in [4.78, 5) is 14.0. The number of aromatic nitrogens is 1. The lowest BCUT2D eigenvalue weighted by molar-refractivity contribution is 1.11. The summed E-state index contributed by atoms with van der Waals surface area (Å²) < 4.78 is 0. The van der Waals surface area contributed by atoms with Gasteiger partial charge in [0.2, 0.25) is 0 Å². The van der Waals surface area contributed by atoms with Crippen LogP contribution in [0.1, 0.15) is 5.56 Å². The van der Waals surface area contributed by atoms with Gasteiger partial charge in [0, 0.05) is 24.9 Å². The molecule has 0 aliphatic rings. The Morgan fingerprint density at radius 2 is 1.93 bits per heavy atom. The zero-order chi connectivity index (χ0) is 10.5. The number of nitrogens with one attached hydrogen (secondary N) is 2. The second-order valence-corrected chi connectivity index (χ2v) is 3.28. The molecular weight excluding hydrogens is 188 g/mol. The molecule has 1 aromatic carbocycles. The van der Waals surface area contributed by atoms with Crippen LogP contribution < -0.4 is 10.7 Å². The number of hydrogen-bond donors (Lipinski definition) is 2. The van der Waals surface area contributed by atoms with Crippen molar-refractivity contribution < 1.29 is 0 Å². The van der Waals surface area contributed by atoms with Gasteiger partial charge < -0.3 is 10.3 Å². The predicted molar refractivity (Wildman–Crippen MR) is 60.8 cm³/mol. The van der Waals surface area contributed by atoms with E-state index in [0.717, 1.165) is 5.82 Å². The van der Waals surface area contributed by atoms with E-state index < -0.39 is 0 Å². The molecule has 0 amide bonds. The Hall–Kier alpha value is -2.03. The largest absolute Gasteiger partial charge is 0.367 e. The van der Waals surface area contributed by atoms with Crippen LogP contribution in [0.3, 0.4) is 0 Å². The van der Waals surface area contributed by atoms with Crippen LogP contribution in [0.15, 0.2) is 53.5 Å². The summed E-state index contributed by atoms with van der Waals surface area (Å²) in [5.41, 5.74) is 1.19. The van der Waals surface area contributed by atoms with E-state index in [1.54, 1.807) is 12.3 Å². The highest BCUT2D eigenvalue weighted by Crippen LogP contribution is 2.02. The minimum atomic E-state index is 0.00399. The molecule has 1 aromatic heterocycles. The van der Waals surface area contributed by atoms with Gasteiger partial charge in [-0.15, -0.1) is 0 Å². The monoisotopic (exact) mass is 200 g/mol. The Labute approximate surface area is 87.8 Å². The highest BCUT2D eigenvalue weighted by molar-refractivity contribution is 5.34. The molecule has 0 saturated carbocycles. The molecule has 76 valence electrons. The first-order valence-corrected chi connectivity index (χ1v) is 4.81. The maximum absolute atomic E-state index is 11.0. The van der Waals surface area contributed by atoms with Crippen molar-refractivity contribution in [1.29, 1.82) is 0 Å². The molecule has 15 heavy (non-hydrogen) atoms. The minimum Gasteiger partial charge on any atom is -0.367 e. The van der Waals surface area contributed by atoms with E-state index in [9.17, 15) is 4.79 Å². The van der Waals surface area contributed by atoms with Crippen molar-refractivity contribution in [2.24, 2.45) is 0 Å². The smallest absolute Gasteiger partial charge is 0.183 e. The van der Waals surface area contributed by atoms with Crippen LogP contribution in [0.25, 0.3) is 0 Å². The van der Waals surface area contributed by atoms with Crippen molar-refractivity contribution in [3.8, 4) is 0 Å². The fraction of sp³-hybridized carbons (Fsp3) is 0.0833. The van der Waals surface area contributed by atoms with Gasteiger partial charge in [-0.3, -0.25) is 4.79 Å². The van der Waals surface area contributed by atoms with Crippen LogP contribution in [0.2, 0.25) is 0 Å². The summed E-state index contributed by atoms with van der Waals surface area (Å²) in [6.45, 7) is 0.709. The van der Waals surface area contributed by atoms with Crippen LogP contribution in [0, 0.1) is 0 Å².